The number of nitrogens with zero attached hydrogens (tertiary/aromatic N) is 1. The number of benzene rings is 1. The molecule has 1 heterocycles. The van der Waals surface area contributed by atoms with E-state index in [0.717, 1.165) is 13.1 Å². The first-order chi connectivity index (χ1) is 9.31. The summed E-state index contributed by atoms with van der Waals surface area (Å²) in [5, 5.41) is 0. The van der Waals surface area contributed by atoms with Gasteiger partial charge in [-0.15, -0.1) is 0 Å². The fourth-order valence-corrected chi connectivity index (χ4v) is 3.89. The zero-order valence-electron chi connectivity index (χ0n) is 11.9. The van der Waals surface area contributed by atoms with Gasteiger partial charge in [-0.3, -0.25) is 4.90 Å². The molecule has 1 fully saturated rings. The van der Waals surface area contributed by atoms with Crippen LogP contribution in [0.4, 0.5) is 0 Å². The number of hydrogen-bond donors (Lipinski definition) is 1. The Hall–Kier alpha value is -0.860. The summed E-state index contributed by atoms with van der Waals surface area (Å²) in [4.78, 5) is 2.64. The van der Waals surface area contributed by atoms with E-state index in [-0.39, 0.29) is 0 Å². The molecular formula is C17H26N2. The third-order valence-corrected chi connectivity index (χ3v) is 5.12. The van der Waals surface area contributed by atoms with Gasteiger partial charge in [0.15, 0.2) is 0 Å². The highest BCUT2D eigenvalue weighted by Gasteiger charge is 2.33. The standard InChI is InChI=1S/C17H26N2/c18-13-17(9-4-1-5-10-17)14-19-11-8-15-6-2-3-7-16(15)12-19/h2-3,6-7H,1,4-5,8-14,18H2. The van der Waals surface area contributed by atoms with Crippen molar-refractivity contribution >= 4 is 0 Å². The fourth-order valence-electron chi connectivity index (χ4n) is 3.89. The summed E-state index contributed by atoms with van der Waals surface area (Å²) < 4.78 is 0. The maximum Gasteiger partial charge on any atom is 0.0236 e. The zero-order chi connectivity index (χ0) is 13.1. The molecule has 0 radical (unpaired) electrons. The summed E-state index contributed by atoms with van der Waals surface area (Å²) in [6.07, 6.45) is 8.04. The van der Waals surface area contributed by atoms with E-state index in [9.17, 15) is 0 Å². The van der Waals surface area contributed by atoms with Crippen LogP contribution in [-0.2, 0) is 13.0 Å². The molecule has 0 spiro atoms. The summed E-state index contributed by atoms with van der Waals surface area (Å²) in [5.41, 5.74) is 9.60. The molecule has 0 bridgehead atoms. The van der Waals surface area contributed by atoms with Crippen LogP contribution in [0.25, 0.3) is 0 Å². The second-order valence-electron chi connectivity index (χ2n) is 6.49. The SMILES string of the molecule is NCC1(CN2CCc3ccccc3C2)CCCCC1. The molecule has 1 aromatic rings. The zero-order valence-corrected chi connectivity index (χ0v) is 11.9. The van der Waals surface area contributed by atoms with Crippen molar-refractivity contribution in [3.05, 3.63) is 35.4 Å². The summed E-state index contributed by atoms with van der Waals surface area (Å²) in [5.74, 6) is 0. The quantitative estimate of drug-likeness (QED) is 0.903. The first-order valence-electron chi connectivity index (χ1n) is 7.81. The Balaban J connectivity index is 1.68. The summed E-state index contributed by atoms with van der Waals surface area (Å²) in [7, 11) is 0. The van der Waals surface area contributed by atoms with Crippen molar-refractivity contribution in [3.8, 4) is 0 Å². The molecule has 2 heteroatoms. The molecule has 1 aliphatic carbocycles. The van der Waals surface area contributed by atoms with Crippen LogP contribution in [0.1, 0.15) is 43.2 Å². The molecule has 1 aromatic carbocycles. The highest BCUT2D eigenvalue weighted by Crippen LogP contribution is 2.37. The van der Waals surface area contributed by atoms with Crippen molar-refractivity contribution in [2.75, 3.05) is 19.6 Å². The minimum atomic E-state index is 0.407. The maximum absolute atomic E-state index is 6.12. The van der Waals surface area contributed by atoms with Crippen LogP contribution in [0.5, 0.6) is 0 Å². The van der Waals surface area contributed by atoms with Crippen LogP contribution >= 0.6 is 0 Å². The van der Waals surface area contributed by atoms with Crippen LogP contribution in [0.15, 0.2) is 24.3 Å². The predicted octanol–water partition coefficient (Wildman–Crippen LogP) is 2.95. The Labute approximate surface area is 117 Å². The molecule has 2 nitrogen and oxygen atoms in total. The van der Waals surface area contributed by atoms with Crippen molar-refractivity contribution < 1.29 is 0 Å². The Morgan fingerprint density at radius 2 is 1.79 bits per heavy atom. The molecule has 1 aliphatic heterocycles. The van der Waals surface area contributed by atoms with E-state index in [2.05, 4.69) is 29.2 Å². The molecule has 104 valence electrons. The lowest BCUT2D eigenvalue weighted by atomic mass is 9.73. The molecule has 1 saturated carbocycles. The number of hydrogen-bond acceptors (Lipinski definition) is 2. The lowest BCUT2D eigenvalue weighted by Gasteiger charge is -2.42. The highest BCUT2D eigenvalue weighted by molar-refractivity contribution is 5.29. The fraction of sp³-hybridized carbons (Fsp3) is 0.647. The Bertz CT molecular complexity index is 421. The first-order valence-corrected chi connectivity index (χ1v) is 7.81. The van der Waals surface area contributed by atoms with Gasteiger partial charge in [0.2, 0.25) is 0 Å². The van der Waals surface area contributed by atoms with Gasteiger partial charge in [-0.25, -0.2) is 0 Å². The monoisotopic (exact) mass is 258 g/mol. The minimum absolute atomic E-state index is 0.407. The van der Waals surface area contributed by atoms with E-state index in [0.29, 0.717) is 5.41 Å². The molecule has 2 aliphatic rings. The van der Waals surface area contributed by atoms with E-state index in [1.807, 2.05) is 0 Å². The highest BCUT2D eigenvalue weighted by atomic mass is 15.1. The van der Waals surface area contributed by atoms with Crippen LogP contribution in [-0.4, -0.2) is 24.5 Å². The van der Waals surface area contributed by atoms with Gasteiger partial charge < -0.3 is 5.73 Å². The lowest BCUT2D eigenvalue weighted by Crippen LogP contribution is -2.45. The van der Waals surface area contributed by atoms with Crippen LogP contribution in [0.3, 0.4) is 0 Å². The molecule has 3 rings (SSSR count). The Morgan fingerprint density at radius 1 is 1.05 bits per heavy atom. The van der Waals surface area contributed by atoms with E-state index >= 15 is 0 Å². The van der Waals surface area contributed by atoms with Gasteiger partial charge in [0.25, 0.3) is 0 Å². The van der Waals surface area contributed by atoms with Gasteiger partial charge in [0.1, 0.15) is 0 Å². The second-order valence-corrected chi connectivity index (χ2v) is 6.49. The van der Waals surface area contributed by atoms with E-state index < -0.39 is 0 Å². The van der Waals surface area contributed by atoms with Gasteiger partial charge in [-0.05, 0) is 42.3 Å². The van der Waals surface area contributed by atoms with Gasteiger partial charge in [-0.2, -0.15) is 0 Å². The average Bonchev–Trinajstić information content (AvgIpc) is 2.48. The predicted molar refractivity (Wildman–Crippen MR) is 80.0 cm³/mol. The molecule has 0 aromatic heterocycles. The van der Waals surface area contributed by atoms with Crippen molar-refractivity contribution in [2.45, 2.75) is 45.1 Å². The topological polar surface area (TPSA) is 29.3 Å². The number of nitrogens with two attached hydrogens (primary N) is 1. The molecule has 0 unspecified atom stereocenters. The molecule has 0 amide bonds. The molecule has 0 saturated heterocycles. The Kier molecular flexibility index (Phi) is 3.90. The first kappa shape index (κ1) is 13.1. The van der Waals surface area contributed by atoms with Crippen molar-refractivity contribution in [1.29, 1.82) is 0 Å². The second kappa shape index (κ2) is 5.64. The minimum Gasteiger partial charge on any atom is -0.330 e. The maximum atomic E-state index is 6.12. The van der Waals surface area contributed by atoms with Gasteiger partial charge in [0.05, 0.1) is 0 Å². The van der Waals surface area contributed by atoms with E-state index in [1.54, 1.807) is 5.56 Å². The van der Waals surface area contributed by atoms with Crippen LogP contribution in [0.2, 0.25) is 0 Å². The van der Waals surface area contributed by atoms with Crippen LogP contribution < -0.4 is 5.73 Å². The molecule has 0 atom stereocenters. The van der Waals surface area contributed by atoms with Crippen molar-refractivity contribution in [2.24, 2.45) is 11.1 Å². The Morgan fingerprint density at radius 3 is 2.53 bits per heavy atom. The van der Waals surface area contributed by atoms with E-state index in [4.69, 9.17) is 5.73 Å². The molecular weight excluding hydrogens is 232 g/mol. The number of rotatable bonds is 3. The number of fused-ring (bicyclic) bond motifs is 1. The normalized spacial score (nSPS) is 23.0. The summed E-state index contributed by atoms with van der Waals surface area (Å²) in [6, 6.07) is 8.90. The van der Waals surface area contributed by atoms with Crippen molar-refractivity contribution in [3.63, 3.8) is 0 Å². The van der Waals surface area contributed by atoms with Crippen LogP contribution in [0, 0.1) is 5.41 Å². The van der Waals surface area contributed by atoms with Crippen molar-refractivity contribution in [1.82, 2.24) is 4.90 Å². The largest absolute Gasteiger partial charge is 0.330 e. The summed E-state index contributed by atoms with van der Waals surface area (Å²) in [6.45, 7) is 4.40. The third kappa shape index (κ3) is 2.85. The summed E-state index contributed by atoms with van der Waals surface area (Å²) >= 11 is 0. The third-order valence-electron chi connectivity index (χ3n) is 5.12. The molecule has 19 heavy (non-hydrogen) atoms. The molecule has 2 N–H and O–H groups in total. The van der Waals surface area contributed by atoms with E-state index in [1.165, 1.54) is 57.2 Å². The van der Waals surface area contributed by atoms with Gasteiger partial charge >= 0.3 is 0 Å². The van der Waals surface area contributed by atoms with Gasteiger partial charge in [0, 0.05) is 19.6 Å². The lowest BCUT2D eigenvalue weighted by molar-refractivity contribution is 0.103. The van der Waals surface area contributed by atoms with Gasteiger partial charge in [-0.1, -0.05) is 43.5 Å². The smallest absolute Gasteiger partial charge is 0.0236 e. The average molecular weight is 258 g/mol.